The van der Waals surface area contributed by atoms with Crippen molar-refractivity contribution in [2.24, 2.45) is 0 Å². The zero-order chi connectivity index (χ0) is 15.7. The first-order chi connectivity index (χ1) is 10.1. The normalized spacial score (nSPS) is 10.4. The average molecular weight is 312 g/mol. The molecule has 0 bridgehead atoms. The van der Waals surface area contributed by atoms with Gasteiger partial charge < -0.3 is 14.8 Å². The van der Waals surface area contributed by atoms with E-state index in [0.717, 1.165) is 5.56 Å². The molecule has 6 heteroatoms. The maximum atomic E-state index is 11.8. The number of nitrogens with one attached hydrogen (secondary N) is 1. The van der Waals surface area contributed by atoms with Crippen LogP contribution in [0.2, 0.25) is 5.02 Å². The van der Waals surface area contributed by atoms with Gasteiger partial charge in [-0.1, -0.05) is 17.7 Å². The summed E-state index contributed by atoms with van der Waals surface area (Å²) in [6.45, 7) is 0.440. The number of esters is 1. The van der Waals surface area contributed by atoms with Crippen molar-refractivity contribution >= 4 is 23.5 Å². The van der Waals surface area contributed by atoms with E-state index in [0.29, 0.717) is 23.7 Å². The molecule has 1 amide bonds. The zero-order valence-corrected chi connectivity index (χ0v) is 12.8. The summed E-state index contributed by atoms with van der Waals surface area (Å²) in [6.07, 6.45) is 3.70. The fourth-order valence-electron chi connectivity index (χ4n) is 1.66. The lowest BCUT2D eigenvalue weighted by Crippen LogP contribution is -2.26. The van der Waals surface area contributed by atoms with Crippen LogP contribution in [0.3, 0.4) is 0 Å². The molecule has 0 aromatic heterocycles. The number of benzene rings is 1. The second-order valence-corrected chi connectivity index (χ2v) is 4.63. The van der Waals surface area contributed by atoms with E-state index in [1.807, 2.05) is 0 Å². The fraction of sp³-hybridized carbons (Fsp3) is 0.333. The Kier molecular flexibility index (Phi) is 7.32. The number of ether oxygens (including phenoxy) is 2. The molecule has 1 aromatic carbocycles. The molecule has 0 saturated heterocycles. The molecule has 0 atom stereocenters. The topological polar surface area (TPSA) is 64.6 Å². The van der Waals surface area contributed by atoms with Crippen LogP contribution in [0, 0.1) is 0 Å². The van der Waals surface area contributed by atoms with Gasteiger partial charge in [0.2, 0.25) is 5.91 Å². The highest BCUT2D eigenvalue weighted by atomic mass is 35.5. The molecular formula is C15H18ClNO4. The zero-order valence-electron chi connectivity index (χ0n) is 12.0. The minimum absolute atomic E-state index is 0.137. The molecule has 0 saturated carbocycles. The first-order valence-electron chi connectivity index (χ1n) is 6.40. The van der Waals surface area contributed by atoms with Crippen molar-refractivity contribution in [2.75, 3.05) is 20.8 Å². The third kappa shape index (κ3) is 6.31. The highest BCUT2D eigenvalue weighted by molar-refractivity contribution is 6.30. The van der Waals surface area contributed by atoms with E-state index in [1.54, 1.807) is 31.4 Å². The molecular weight excluding hydrogens is 294 g/mol. The predicted octanol–water partition coefficient (Wildman–Crippen LogP) is 2.13. The molecule has 0 aliphatic rings. The van der Waals surface area contributed by atoms with Gasteiger partial charge in [0.1, 0.15) is 5.75 Å². The van der Waals surface area contributed by atoms with Crippen LogP contribution in [-0.2, 0) is 20.7 Å². The number of rotatable bonds is 7. The summed E-state index contributed by atoms with van der Waals surface area (Å²) in [6, 6.07) is 5.14. The van der Waals surface area contributed by atoms with Crippen LogP contribution in [-0.4, -0.2) is 32.6 Å². The minimum atomic E-state index is -0.412. The Balaban J connectivity index is 2.42. The Labute approximate surface area is 128 Å². The third-order valence-electron chi connectivity index (χ3n) is 2.68. The van der Waals surface area contributed by atoms with Gasteiger partial charge in [-0.2, -0.15) is 0 Å². The standard InChI is InChI=1S/C15H18ClNO4/c1-20-13-7-6-12(16)9-11(13)10-14(18)17-8-4-3-5-15(19)21-2/h3,5-7,9H,4,8,10H2,1-2H3,(H,17,18)/b5-3+. The minimum Gasteiger partial charge on any atom is -0.496 e. The molecule has 1 rings (SSSR count). The van der Waals surface area contributed by atoms with E-state index in [-0.39, 0.29) is 12.3 Å². The van der Waals surface area contributed by atoms with Crippen LogP contribution in [0.4, 0.5) is 0 Å². The molecule has 0 unspecified atom stereocenters. The molecule has 5 nitrogen and oxygen atoms in total. The average Bonchev–Trinajstić information content (AvgIpc) is 2.46. The van der Waals surface area contributed by atoms with E-state index in [2.05, 4.69) is 10.1 Å². The molecule has 1 aromatic rings. The monoisotopic (exact) mass is 311 g/mol. The van der Waals surface area contributed by atoms with Crippen LogP contribution >= 0.6 is 11.6 Å². The van der Waals surface area contributed by atoms with Crippen LogP contribution in [0.1, 0.15) is 12.0 Å². The van der Waals surface area contributed by atoms with E-state index in [1.165, 1.54) is 13.2 Å². The van der Waals surface area contributed by atoms with Gasteiger partial charge in [0.25, 0.3) is 0 Å². The molecule has 0 fully saturated rings. The van der Waals surface area contributed by atoms with Gasteiger partial charge in [-0.15, -0.1) is 0 Å². The van der Waals surface area contributed by atoms with Crippen molar-refractivity contribution < 1.29 is 19.1 Å². The van der Waals surface area contributed by atoms with Crippen LogP contribution in [0.15, 0.2) is 30.4 Å². The summed E-state index contributed by atoms with van der Waals surface area (Å²) in [5.41, 5.74) is 0.729. The molecule has 1 N–H and O–H groups in total. The number of hydrogen-bond acceptors (Lipinski definition) is 4. The van der Waals surface area contributed by atoms with E-state index in [4.69, 9.17) is 16.3 Å². The Hall–Kier alpha value is -2.01. The third-order valence-corrected chi connectivity index (χ3v) is 2.92. The summed E-state index contributed by atoms with van der Waals surface area (Å²) in [4.78, 5) is 22.6. The van der Waals surface area contributed by atoms with Crippen molar-refractivity contribution in [2.45, 2.75) is 12.8 Å². The number of methoxy groups -OCH3 is 2. The van der Waals surface area contributed by atoms with Crippen LogP contribution in [0.5, 0.6) is 5.75 Å². The number of carbonyl (C=O) groups excluding carboxylic acids is 2. The van der Waals surface area contributed by atoms with Gasteiger partial charge in [0.05, 0.1) is 20.6 Å². The van der Waals surface area contributed by atoms with Crippen LogP contribution < -0.4 is 10.1 Å². The smallest absolute Gasteiger partial charge is 0.330 e. The fourth-order valence-corrected chi connectivity index (χ4v) is 1.86. The molecule has 0 aliphatic heterocycles. The lowest BCUT2D eigenvalue weighted by atomic mass is 10.1. The second-order valence-electron chi connectivity index (χ2n) is 4.20. The van der Waals surface area contributed by atoms with Crippen LogP contribution in [0.25, 0.3) is 0 Å². The maximum Gasteiger partial charge on any atom is 0.330 e. The van der Waals surface area contributed by atoms with Crippen molar-refractivity contribution in [3.05, 3.63) is 40.9 Å². The Morgan fingerprint density at radius 1 is 1.33 bits per heavy atom. The lowest BCUT2D eigenvalue weighted by Gasteiger charge is -2.09. The summed E-state index contributed by atoms with van der Waals surface area (Å²) in [5.74, 6) is 0.0761. The van der Waals surface area contributed by atoms with Gasteiger partial charge in [-0.25, -0.2) is 4.79 Å². The van der Waals surface area contributed by atoms with Crippen molar-refractivity contribution in [3.63, 3.8) is 0 Å². The molecule has 0 radical (unpaired) electrons. The largest absolute Gasteiger partial charge is 0.496 e. The molecule has 0 aliphatic carbocycles. The molecule has 0 spiro atoms. The quantitative estimate of drug-likeness (QED) is 0.476. The number of halogens is 1. The first kappa shape index (κ1) is 17.0. The van der Waals surface area contributed by atoms with E-state index >= 15 is 0 Å². The highest BCUT2D eigenvalue weighted by Crippen LogP contribution is 2.22. The summed E-state index contributed by atoms with van der Waals surface area (Å²) in [7, 11) is 2.86. The van der Waals surface area contributed by atoms with Crippen molar-refractivity contribution in [3.8, 4) is 5.75 Å². The molecule has 21 heavy (non-hydrogen) atoms. The predicted molar refractivity (Wildman–Crippen MR) is 80.5 cm³/mol. The highest BCUT2D eigenvalue weighted by Gasteiger charge is 2.08. The molecule has 0 heterocycles. The SMILES string of the molecule is COC(=O)/C=C/CCNC(=O)Cc1cc(Cl)ccc1OC. The van der Waals surface area contributed by atoms with Gasteiger partial charge >= 0.3 is 5.97 Å². The van der Waals surface area contributed by atoms with Crippen molar-refractivity contribution in [1.29, 1.82) is 0 Å². The Morgan fingerprint density at radius 2 is 2.10 bits per heavy atom. The summed E-state index contributed by atoms with van der Waals surface area (Å²) in [5, 5.41) is 3.31. The first-order valence-corrected chi connectivity index (χ1v) is 6.78. The van der Waals surface area contributed by atoms with Gasteiger partial charge in [-0.3, -0.25) is 4.79 Å². The summed E-state index contributed by atoms with van der Waals surface area (Å²) >= 11 is 5.91. The number of amides is 1. The lowest BCUT2D eigenvalue weighted by molar-refractivity contribution is -0.134. The van der Waals surface area contributed by atoms with Gasteiger partial charge in [0, 0.05) is 23.2 Å². The maximum absolute atomic E-state index is 11.8. The summed E-state index contributed by atoms with van der Waals surface area (Å²) < 4.78 is 9.64. The molecule has 114 valence electrons. The second kappa shape index (κ2) is 9.02. The van der Waals surface area contributed by atoms with E-state index in [9.17, 15) is 9.59 Å². The van der Waals surface area contributed by atoms with Gasteiger partial charge in [-0.05, 0) is 24.6 Å². The number of hydrogen-bond donors (Lipinski definition) is 1. The van der Waals surface area contributed by atoms with Gasteiger partial charge in [0.15, 0.2) is 0 Å². The van der Waals surface area contributed by atoms with Crippen molar-refractivity contribution in [1.82, 2.24) is 5.32 Å². The number of carbonyl (C=O) groups is 2. The Morgan fingerprint density at radius 3 is 2.76 bits per heavy atom. The Bertz CT molecular complexity index is 528. The van der Waals surface area contributed by atoms with E-state index < -0.39 is 5.97 Å².